The maximum absolute atomic E-state index is 5.66. The van der Waals surface area contributed by atoms with Gasteiger partial charge in [0.25, 0.3) is 0 Å². The molecular weight excluding hydrogens is 416 g/mol. The molecule has 4 rings (SSSR count). The van der Waals surface area contributed by atoms with E-state index >= 15 is 0 Å². The lowest BCUT2D eigenvalue weighted by molar-refractivity contribution is 0.108. The molecule has 0 unspecified atom stereocenters. The highest BCUT2D eigenvalue weighted by atomic mass is 35.5. The van der Waals surface area contributed by atoms with Gasteiger partial charge in [-0.1, -0.05) is 11.6 Å². The zero-order valence-corrected chi connectivity index (χ0v) is 19.1. The van der Waals surface area contributed by atoms with Crippen LogP contribution in [-0.2, 0) is 4.74 Å². The van der Waals surface area contributed by atoms with E-state index in [1.165, 1.54) is 38.5 Å². The highest BCUT2D eigenvalue weighted by Gasteiger charge is 2.13. The van der Waals surface area contributed by atoms with Crippen molar-refractivity contribution in [2.24, 2.45) is 0 Å². The lowest BCUT2D eigenvalue weighted by Gasteiger charge is -2.27. The second-order valence-corrected chi connectivity index (χ2v) is 7.97. The number of piperidine rings is 2. The highest BCUT2D eigenvalue weighted by molar-refractivity contribution is 6.29. The number of ether oxygens (including phenoxy) is 2. The molecule has 170 valence electrons. The van der Waals surface area contributed by atoms with E-state index in [9.17, 15) is 0 Å². The van der Waals surface area contributed by atoms with E-state index in [1.807, 2.05) is 25.1 Å². The van der Waals surface area contributed by atoms with Gasteiger partial charge in [-0.3, -0.25) is 0 Å². The Morgan fingerprint density at radius 2 is 1.32 bits per heavy atom. The van der Waals surface area contributed by atoms with Gasteiger partial charge in [-0.25, -0.2) is 0 Å². The molecule has 2 saturated heterocycles. The minimum atomic E-state index is 0.459. The van der Waals surface area contributed by atoms with Crippen LogP contribution in [0.2, 0.25) is 5.15 Å². The van der Waals surface area contributed by atoms with Crippen LogP contribution in [0.1, 0.15) is 45.4 Å². The first-order valence-corrected chi connectivity index (χ1v) is 11.7. The Hall–Kier alpha value is -2.19. The number of nitrogens with zero attached hydrogens (tertiary/aromatic N) is 6. The minimum absolute atomic E-state index is 0.459. The second-order valence-electron chi connectivity index (χ2n) is 7.58. The first-order chi connectivity index (χ1) is 15.3. The molecule has 0 saturated carbocycles. The van der Waals surface area contributed by atoms with Crippen molar-refractivity contribution in [1.82, 2.24) is 20.4 Å². The number of halogens is 1. The summed E-state index contributed by atoms with van der Waals surface area (Å²) in [5.74, 6) is 2.46. The molecule has 0 atom stereocenters. The molecule has 0 bridgehead atoms. The Kier molecular flexibility index (Phi) is 10.0. The Labute approximate surface area is 189 Å². The van der Waals surface area contributed by atoms with Crippen LogP contribution in [0.15, 0.2) is 24.3 Å². The molecule has 0 spiro atoms. The number of rotatable bonds is 7. The van der Waals surface area contributed by atoms with E-state index in [-0.39, 0.29) is 0 Å². The van der Waals surface area contributed by atoms with Crippen molar-refractivity contribution < 1.29 is 9.47 Å². The quantitative estimate of drug-likeness (QED) is 0.588. The van der Waals surface area contributed by atoms with E-state index in [4.69, 9.17) is 21.1 Å². The van der Waals surface area contributed by atoms with Gasteiger partial charge < -0.3 is 19.3 Å². The monoisotopic (exact) mass is 448 g/mol. The summed E-state index contributed by atoms with van der Waals surface area (Å²) in [6, 6.07) is 7.58. The van der Waals surface area contributed by atoms with Crippen molar-refractivity contribution in [2.75, 3.05) is 55.8 Å². The maximum atomic E-state index is 5.66. The predicted molar refractivity (Wildman–Crippen MR) is 123 cm³/mol. The molecule has 2 aliphatic rings. The van der Waals surface area contributed by atoms with Crippen LogP contribution in [-0.4, -0.2) is 66.4 Å². The van der Waals surface area contributed by atoms with Gasteiger partial charge in [0.15, 0.2) is 16.8 Å². The zero-order chi connectivity index (χ0) is 21.7. The third-order valence-electron chi connectivity index (χ3n) is 5.29. The number of aromatic nitrogens is 4. The van der Waals surface area contributed by atoms with Gasteiger partial charge >= 0.3 is 0 Å². The molecule has 2 aliphatic heterocycles. The molecule has 0 amide bonds. The average Bonchev–Trinajstić information content (AvgIpc) is 2.84. The smallest absolute Gasteiger partial charge is 0.233 e. The third-order valence-corrected chi connectivity index (χ3v) is 5.49. The number of hydrogen-bond donors (Lipinski definition) is 0. The van der Waals surface area contributed by atoms with Crippen molar-refractivity contribution in [3.63, 3.8) is 0 Å². The van der Waals surface area contributed by atoms with Crippen molar-refractivity contribution in [1.29, 1.82) is 0 Å². The molecule has 2 aromatic rings. The van der Waals surface area contributed by atoms with E-state index in [1.54, 1.807) is 6.07 Å². The van der Waals surface area contributed by atoms with E-state index in [2.05, 4.69) is 30.2 Å². The van der Waals surface area contributed by atoms with Crippen LogP contribution < -0.4 is 14.5 Å². The normalized spacial score (nSPS) is 16.5. The van der Waals surface area contributed by atoms with Gasteiger partial charge in [-0.2, -0.15) is 0 Å². The lowest BCUT2D eigenvalue weighted by atomic mass is 10.1. The summed E-state index contributed by atoms with van der Waals surface area (Å²) in [6.45, 7) is 8.14. The summed E-state index contributed by atoms with van der Waals surface area (Å²) in [7, 11) is 0. The Morgan fingerprint density at radius 1 is 0.742 bits per heavy atom. The van der Waals surface area contributed by atoms with Gasteiger partial charge in [0, 0.05) is 38.9 Å². The summed E-state index contributed by atoms with van der Waals surface area (Å²) in [6.07, 6.45) is 7.65. The predicted octanol–water partition coefficient (Wildman–Crippen LogP) is 4.00. The molecule has 0 aromatic carbocycles. The average molecular weight is 449 g/mol. The first-order valence-electron chi connectivity index (χ1n) is 11.3. The van der Waals surface area contributed by atoms with Crippen LogP contribution in [0.3, 0.4) is 0 Å². The molecule has 2 aromatic heterocycles. The van der Waals surface area contributed by atoms with Gasteiger partial charge in [-0.05, 0) is 63.6 Å². The van der Waals surface area contributed by atoms with Gasteiger partial charge in [0.2, 0.25) is 5.88 Å². The molecular formula is C22H33ClN6O2. The fourth-order valence-electron chi connectivity index (χ4n) is 3.63. The molecule has 0 aliphatic carbocycles. The summed E-state index contributed by atoms with van der Waals surface area (Å²) < 4.78 is 10.6. The summed E-state index contributed by atoms with van der Waals surface area (Å²) in [4.78, 5) is 4.54. The van der Waals surface area contributed by atoms with E-state index in [0.717, 1.165) is 37.8 Å². The number of anilines is 2. The molecule has 9 heteroatoms. The molecule has 0 radical (unpaired) electrons. The lowest BCUT2D eigenvalue weighted by Crippen LogP contribution is -2.30. The van der Waals surface area contributed by atoms with Gasteiger partial charge in [0.05, 0.1) is 6.61 Å². The largest absolute Gasteiger partial charge is 0.474 e. The minimum Gasteiger partial charge on any atom is -0.474 e. The van der Waals surface area contributed by atoms with E-state index < -0.39 is 0 Å². The third kappa shape index (κ3) is 8.10. The fraction of sp³-hybridized carbons (Fsp3) is 0.636. The van der Waals surface area contributed by atoms with Crippen molar-refractivity contribution in [3.8, 4) is 5.88 Å². The molecule has 0 N–H and O–H groups in total. The van der Waals surface area contributed by atoms with Crippen molar-refractivity contribution in [2.45, 2.75) is 45.4 Å². The van der Waals surface area contributed by atoms with Gasteiger partial charge in [0.1, 0.15) is 6.61 Å². The van der Waals surface area contributed by atoms with Crippen LogP contribution >= 0.6 is 11.6 Å². The van der Waals surface area contributed by atoms with E-state index in [0.29, 0.717) is 30.9 Å². The SMILES string of the molecule is CCOCCOc1ccc(N2CCCCC2)nn1.Clc1ccc(N2CCCCC2)nn1. The summed E-state index contributed by atoms with van der Waals surface area (Å²) >= 11 is 5.66. The fourth-order valence-corrected chi connectivity index (χ4v) is 3.73. The zero-order valence-electron chi connectivity index (χ0n) is 18.4. The van der Waals surface area contributed by atoms with Gasteiger partial charge in [-0.15, -0.1) is 20.4 Å². The molecule has 31 heavy (non-hydrogen) atoms. The Balaban J connectivity index is 0.000000185. The van der Waals surface area contributed by atoms with Crippen molar-refractivity contribution >= 4 is 23.2 Å². The molecule has 2 fully saturated rings. The maximum Gasteiger partial charge on any atom is 0.233 e. The van der Waals surface area contributed by atoms with Crippen LogP contribution in [0.25, 0.3) is 0 Å². The summed E-state index contributed by atoms with van der Waals surface area (Å²) in [5.41, 5.74) is 0. The summed E-state index contributed by atoms with van der Waals surface area (Å²) in [5, 5.41) is 16.6. The molecule has 8 nitrogen and oxygen atoms in total. The Bertz CT molecular complexity index is 735. The number of hydrogen-bond acceptors (Lipinski definition) is 8. The second kappa shape index (κ2) is 13.3. The van der Waals surface area contributed by atoms with Crippen molar-refractivity contribution in [3.05, 3.63) is 29.4 Å². The van der Waals surface area contributed by atoms with Crippen LogP contribution in [0.5, 0.6) is 5.88 Å². The van der Waals surface area contributed by atoms with Crippen LogP contribution in [0, 0.1) is 0 Å². The first kappa shape index (κ1) is 23.5. The highest BCUT2D eigenvalue weighted by Crippen LogP contribution is 2.18. The standard InChI is InChI=1S/C13H21N3O2.C9H12ClN3/c1-2-17-10-11-18-13-7-6-12(14-15-13)16-8-4-3-5-9-16;10-8-4-5-9(12-11-8)13-6-2-1-3-7-13/h6-7H,2-5,8-11H2,1H3;4-5H,1-3,6-7H2. The Morgan fingerprint density at radius 3 is 1.81 bits per heavy atom. The molecule has 4 heterocycles. The topological polar surface area (TPSA) is 76.5 Å². The van der Waals surface area contributed by atoms with Crippen LogP contribution in [0.4, 0.5) is 11.6 Å².